The zero-order valence-corrected chi connectivity index (χ0v) is 12.6. The Labute approximate surface area is 127 Å². The van der Waals surface area contributed by atoms with E-state index in [0.717, 1.165) is 0 Å². The monoisotopic (exact) mass is 364 g/mol. The molecule has 21 heavy (non-hydrogen) atoms. The molecule has 8 heteroatoms. The quantitative estimate of drug-likeness (QED) is 0.829. The molecule has 0 aliphatic carbocycles. The Kier molecular flexibility index (Phi) is 5.02. The normalized spacial score (nSPS) is 12.7. The Morgan fingerprint density at radius 1 is 1.29 bits per heavy atom. The van der Waals surface area contributed by atoms with Gasteiger partial charge >= 0.3 is 0 Å². The lowest BCUT2D eigenvalue weighted by atomic mass is 10.1. The van der Waals surface area contributed by atoms with Gasteiger partial charge in [-0.2, -0.15) is 5.10 Å². The highest BCUT2D eigenvalue weighted by Gasteiger charge is 2.24. The molecule has 2 aromatic rings. The van der Waals surface area contributed by atoms with E-state index in [2.05, 4.69) is 21.0 Å². The average molecular weight is 365 g/mol. The minimum Gasteiger partial charge on any atom is -0.383 e. The van der Waals surface area contributed by atoms with Gasteiger partial charge in [0.2, 0.25) is 0 Å². The van der Waals surface area contributed by atoms with E-state index in [9.17, 15) is 18.3 Å². The van der Waals surface area contributed by atoms with Crippen molar-refractivity contribution in [1.82, 2.24) is 9.78 Å². The number of ether oxygens (including phenoxy) is 1. The molecule has 0 saturated carbocycles. The van der Waals surface area contributed by atoms with E-state index in [1.54, 1.807) is 0 Å². The molecule has 0 radical (unpaired) electrons. The lowest BCUT2D eigenvalue weighted by molar-refractivity contribution is 0.169. The van der Waals surface area contributed by atoms with Gasteiger partial charge in [0.05, 0.1) is 29.5 Å². The topological polar surface area (TPSA) is 47.3 Å². The van der Waals surface area contributed by atoms with Gasteiger partial charge in [0.1, 0.15) is 11.9 Å². The molecule has 0 fully saturated rings. The van der Waals surface area contributed by atoms with E-state index in [1.165, 1.54) is 18.0 Å². The second kappa shape index (κ2) is 6.59. The minimum absolute atomic E-state index is 0.233. The van der Waals surface area contributed by atoms with Crippen LogP contribution in [0.4, 0.5) is 13.2 Å². The third-order valence-corrected chi connectivity index (χ3v) is 3.54. The van der Waals surface area contributed by atoms with Gasteiger partial charge in [0.25, 0.3) is 0 Å². The third kappa shape index (κ3) is 3.28. The maximum absolute atomic E-state index is 13.8. The average Bonchev–Trinajstić information content (AvgIpc) is 2.81. The van der Waals surface area contributed by atoms with Gasteiger partial charge < -0.3 is 9.84 Å². The molecule has 1 atom stereocenters. The van der Waals surface area contributed by atoms with Crippen molar-refractivity contribution in [3.05, 3.63) is 51.5 Å². The fraction of sp³-hybridized carbons (Fsp3) is 0.308. The largest absolute Gasteiger partial charge is 0.383 e. The molecular weight excluding hydrogens is 353 g/mol. The van der Waals surface area contributed by atoms with Crippen molar-refractivity contribution in [3.8, 4) is 0 Å². The van der Waals surface area contributed by atoms with E-state index in [4.69, 9.17) is 4.74 Å². The summed E-state index contributed by atoms with van der Waals surface area (Å²) in [5, 5.41) is 14.3. The molecule has 1 N–H and O–H groups in total. The molecule has 1 unspecified atom stereocenters. The smallest absolute Gasteiger partial charge is 0.161 e. The van der Waals surface area contributed by atoms with Gasteiger partial charge in [0, 0.05) is 18.7 Å². The van der Waals surface area contributed by atoms with Crippen LogP contribution in [0.3, 0.4) is 0 Å². The highest BCUT2D eigenvalue weighted by Crippen LogP contribution is 2.30. The van der Waals surface area contributed by atoms with Crippen LogP contribution in [0.15, 0.2) is 22.8 Å². The predicted molar refractivity (Wildman–Crippen MR) is 72.2 cm³/mol. The minimum atomic E-state index is -1.49. The van der Waals surface area contributed by atoms with Crippen molar-refractivity contribution in [2.75, 3.05) is 13.7 Å². The second-order valence-electron chi connectivity index (χ2n) is 4.28. The molecule has 0 bridgehead atoms. The van der Waals surface area contributed by atoms with Crippen LogP contribution in [0, 0.1) is 17.5 Å². The van der Waals surface area contributed by atoms with Gasteiger partial charge in [-0.05, 0) is 22.0 Å². The molecule has 1 heterocycles. The van der Waals surface area contributed by atoms with Gasteiger partial charge in [-0.25, -0.2) is 13.2 Å². The summed E-state index contributed by atoms with van der Waals surface area (Å²) >= 11 is 3.19. The van der Waals surface area contributed by atoms with Crippen LogP contribution in [0.5, 0.6) is 0 Å². The lowest BCUT2D eigenvalue weighted by Crippen LogP contribution is -2.15. The highest BCUT2D eigenvalue weighted by molar-refractivity contribution is 9.10. The summed E-state index contributed by atoms with van der Waals surface area (Å²) in [4.78, 5) is 0. The summed E-state index contributed by atoms with van der Waals surface area (Å²) in [5.41, 5.74) is -0.134. The zero-order chi connectivity index (χ0) is 15.6. The van der Waals surface area contributed by atoms with Crippen molar-refractivity contribution in [3.63, 3.8) is 0 Å². The first-order valence-corrected chi connectivity index (χ1v) is 6.77. The molecule has 4 nitrogen and oxygen atoms in total. The first kappa shape index (κ1) is 16.0. The van der Waals surface area contributed by atoms with E-state index in [0.29, 0.717) is 29.8 Å². The zero-order valence-electron chi connectivity index (χ0n) is 11.0. The Balaban J connectivity index is 2.42. The number of aliphatic hydroxyl groups excluding tert-OH is 1. The summed E-state index contributed by atoms with van der Waals surface area (Å²) in [6.45, 7) is 0.647. The molecule has 2 rings (SSSR count). The maximum atomic E-state index is 13.8. The van der Waals surface area contributed by atoms with Crippen molar-refractivity contribution < 1.29 is 23.0 Å². The molecule has 0 saturated heterocycles. The maximum Gasteiger partial charge on any atom is 0.161 e. The van der Waals surface area contributed by atoms with Crippen LogP contribution in [-0.4, -0.2) is 28.6 Å². The molecule has 114 valence electrons. The van der Waals surface area contributed by atoms with Gasteiger partial charge in [-0.15, -0.1) is 0 Å². The summed E-state index contributed by atoms with van der Waals surface area (Å²) in [6, 6.07) is 1.03. The van der Waals surface area contributed by atoms with Crippen molar-refractivity contribution in [2.45, 2.75) is 12.6 Å². The number of rotatable bonds is 5. The van der Waals surface area contributed by atoms with Crippen molar-refractivity contribution in [2.24, 2.45) is 0 Å². The van der Waals surface area contributed by atoms with Crippen molar-refractivity contribution in [1.29, 1.82) is 0 Å². The van der Waals surface area contributed by atoms with Crippen molar-refractivity contribution >= 4 is 15.9 Å². The highest BCUT2D eigenvalue weighted by atomic mass is 79.9. The van der Waals surface area contributed by atoms with Crippen LogP contribution >= 0.6 is 15.9 Å². The molecular formula is C13H12BrF3N2O2. The summed E-state index contributed by atoms with van der Waals surface area (Å²) in [7, 11) is 1.50. The number of methoxy groups -OCH3 is 1. The molecule has 1 aromatic heterocycles. The van der Waals surface area contributed by atoms with Crippen LogP contribution in [-0.2, 0) is 11.3 Å². The fourth-order valence-corrected chi connectivity index (χ4v) is 2.41. The Morgan fingerprint density at radius 2 is 1.95 bits per heavy atom. The molecule has 0 aliphatic rings. The Bertz CT molecular complexity index is 649. The lowest BCUT2D eigenvalue weighted by Gasteiger charge is -2.15. The van der Waals surface area contributed by atoms with Crippen LogP contribution in [0.1, 0.15) is 17.4 Å². The number of aromatic nitrogens is 2. The van der Waals surface area contributed by atoms with E-state index >= 15 is 0 Å². The summed E-state index contributed by atoms with van der Waals surface area (Å²) < 4.78 is 46.7. The van der Waals surface area contributed by atoms with E-state index in [-0.39, 0.29) is 11.3 Å². The van der Waals surface area contributed by atoms with E-state index in [1.807, 2.05) is 0 Å². The predicted octanol–water partition coefficient (Wildman–Crippen LogP) is 2.79. The first-order chi connectivity index (χ1) is 9.95. The third-order valence-electron chi connectivity index (χ3n) is 2.93. The Hall–Kier alpha value is -1.38. The summed E-state index contributed by atoms with van der Waals surface area (Å²) in [6.07, 6.45) is -0.0692. The first-order valence-electron chi connectivity index (χ1n) is 5.98. The van der Waals surface area contributed by atoms with Gasteiger partial charge in [0.15, 0.2) is 11.6 Å². The standard InChI is InChI=1S/C13H12BrF3N2O2/c1-21-3-2-19-12(8(14)6-18-19)13(20)7-4-10(16)11(17)5-9(7)15/h4-6,13,20H,2-3H2,1H3. The van der Waals surface area contributed by atoms with Gasteiger partial charge in [-0.3, -0.25) is 4.68 Å². The summed E-state index contributed by atoms with van der Waals surface area (Å²) in [5.74, 6) is -3.58. The molecule has 0 amide bonds. The molecule has 1 aromatic carbocycles. The van der Waals surface area contributed by atoms with E-state index < -0.39 is 23.6 Å². The SMILES string of the molecule is COCCn1ncc(Br)c1C(O)c1cc(F)c(F)cc1F. The number of aliphatic hydroxyl groups is 1. The number of hydrogen-bond donors (Lipinski definition) is 1. The van der Waals surface area contributed by atoms with Crippen LogP contribution in [0.2, 0.25) is 0 Å². The molecule has 0 spiro atoms. The molecule has 0 aliphatic heterocycles. The number of nitrogens with zero attached hydrogens (tertiary/aromatic N) is 2. The van der Waals surface area contributed by atoms with Crippen LogP contribution in [0.25, 0.3) is 0 Å². The Morgan fingerprint density at radius 3 is 2.62 bits per heavy atom. The van der Waals surface area contributed by atoms with Gasteiger partial charge in [-0.1, -0.05) is 0 Å². The second-order valence-corrected chi connectivity index (χ2v) is 5.14. The number of benzene rings is 1. The number of halogens is 4. The fourth-order valence-electron chi connectivity index (χ4n) is 1.89. The van der Waals surface area contributed by atoms with Crippen LogP contribution < -0.4 is 0 Å². The number of hydrogen-bond acceptors (Lipinski definition) is 3.